The number of ether oxygens (including phenoxy) is 2. The Hall–Kier alpha value is -2.73. The maximum absolute atomic E-state index is 12.2. The van der Waals surface area contributed by atoms with Crippen LogP contribution in [0.5, 0.6) is 11.5 Å². The first-order valence-electron chi connectivity index (χ1n) is 8.43. The smallest absolute Gasteiger partial charge is 0.264 e. The number of hydrogen-bond acceptors (Lipinski definition) is 5. The fourth-order valence-electron chi connectivity index (χ4n) is 2.36. The van der Waals surface area contributed by atoms with E-state index in [0.717, 1.165) is 22.7 Å². The van der Waals surface area contributed by atoms with Crippen LogP contribution < -0.4 is 14.8 Å². The monoisotopic (exact) mass is 368 g/mol. The molecule has 6 heteroatoms. The second kappa shape index (κ2) is 8.58. The third kappa shape index (κ3) is 4.67. The summed E-state index contributed by atoms with van der Waals surface area (Å²) < 4.78 is 10.8. The van der Waals surface area contributed by atoms with Crippen LogP contribution in [0.3, 0.4) is 0 Å². The van der Waals surface area contributed by atoms with E-state index in [1.807, 2.05) is 68.5 Å². The van der Waals surface area contributed by atoms with Crippen LogP contribution in [0.1, 0.15) is 19.4 Å². The van der Waals surface area contributed by atoms with Crippen molar-refractivity contribution in [2.75, 3.05) is 13.2 Å². The quantitative estimate of drug-likeness (QED) is 0.769. The molecule has 0 atom stereocenters. The van der Waals surface area contributed by atoms with Gasteiger partial charge in [-0.15, -0.1) is 0 Å². The first-order chi connectivity index (χ1) is 12.7. The summed E-state index contributed by atoms with van der Waals surface area (Å²) in [5.74, 6) is 1.47. The third-order valence-electron chi connectivity index (χ3n) is 3.52. The van der Waals surface area contributed by atoms with E-state index in [0.29, 0.717) is 23.3 Å². The molecular weight excluding hydrogens is 348 g/mol. The summed E-state index contributed by atoms with van der Waals surface area (Å²) in [7, 11) is 0. The molecule has 1 saturated heterocycles. The molecular formula is C20H20N2O3S. The zero-order chi connectivity index (χ0) is 18.4. The van der Waals surface area contributed by atoms with Gasteiger partial charge in [0.15, 0.2) is 5.17 Å². The van der Waals surface area contributed by atoms with Crippen LogP contribution in [0.25, 0.3) is 6.08 Å². The second-order valence-corrected chi connectivity index (χ2v) is 6.44. The van der Waals surface area contributed by atoms with Crippen molar-refractivity contribution in [2.45, 2.75) is 13.8 Å². The van der Waals surface area contributed by atoms with E-state index < -0.39 is 0 Å². The van der Waals surface area contributed by atoms with Crippen LogP contribution in [0.15, 0.2) is 58.4 Å². The van der Waals surface area contributed by atoms with Crippen LogP contribution in [-0.2, 0) is 4.79 Å². The number of hydrogen-bond donors (Lipinski definition) is 1. The lowest BCUT2D eigenvalue weighted by atomic mass is 10.2. The largest absolute Gasteiger partial charge is 0.494 e. The molecule has 0 spiro atoms. The van der Waals surface area contributed by atoms with Gasteiger partial charge >= 0.3 is 0 Å². The molecule has 1 heterocycles. The van der Waals surface area contributed by atoms with E-state index in [4.69, 9.17) is 9.47 Å². The lowest BCUT2D eigenvalue weighted by Gasteiger charge is -2.02. The molecule has 0 radical (unpaired) electrons. The standard InChI is InChI=1S/C20H20N2O3S/c1-3-24-16-9-5-14(6-10-16)13-18-19(23)22-20(26-18)21-15-7-11-17(12-8-15)25-4-2/h5-13H,3-4H2,1-2H3,(H,21,22,23)/b18-13+. The van der Waals surface area contributed by atoms with E-state index in [1.165, 1.54) is 11.8 Å². The highest BCUT2D eigenvalue weighted by atomic mass is 32.2. The topological polar surface area (TPSA) is 59.9 Å². The van der Waals surface area contributed by atoms with Gasteiger partial charge in [-0.05, 0) is 73.6 Å². The maximum atomic E-state index is 12.2. The van der Waals surface area contributed by atoms with Crippen molar-refractivity contribution in [1.29, 1.82) is 0 Å². The average Bonchev–Trinajstić information content (AvgIpc) is 2.98. The number of nitrogens with zero attached hydrogens (tertiary/aromatic N) is 1. The van der Waals surface area contributed by atoms with Crippen LogP contribution >= 0.6 is 11.8 Å². The van der Waals surface area contributed by atoms with Gasteiger partial charge in [0.2, 0.25) is 0 Å². The van der Waals surface area contributed by atoms with E-state index in [9.17, 15) is 4.79 Å². The lowest BCUT2D eigenvalue weighted by molar-refractivity contribution is -0.115. The number of thioether (sulfide) groups is 1. The molecule has 5 nitrogen and oxygen atoms in total. The zero-order valence-electron chi connectivity index (χ0n) is 14.7. The van der Waals surface area contributed by atoms with Crippen molar-refractivity contribution in [3.05, 3.63) is 59.0 Å². The van der Waals surface area contributed by atoms with E-state index in [-0.39, 0.29) is 5.91 Å². The van der Waals surface area contributed by atoms with Gasteiger partial charge in [-0.1, -0.05) is 12.1 Å². The highest BCUT2D eigenvalue weighted by Crippen LogP contribution is 2.29. The summed E-state index contributed by atoms with van der Waals surface area (Å²) in [6.07, 6.45) is 1.84. The Labute approximate surface area is 157 Å². The minimum absolute atomic E-state index is 0.145. The molecule has 1 aliphatic rings. The van der Waals surface area contributed by atoms with Crippen LogP contribution in [0.2, 0.25) is 0 Å². The summed E-state index contributed by atoms with van der Waals surface area (Å²) in [6.45, 7) is 5.14. The number of nitrogens with one attached hydrogen (secondary N) is 1. The summed E-state index contributed by atoms with van der Waals surface area (Å²) in [4.78, 5) is 17.2. The van der Waals surface area contributed by atoms with Crippen molar-refractivity contribution in [3.63, 3.8) is 0 Å². The molecule has 0 unspecified atom stereocenters. The molecule has 0 saturated carbocycles. The average molecular weight is 368 g/mol. The Morgan fingerprint density at radius 3 is 2.12 bits per heavy atom. The predicted octanol–water partition coefficient (Wildman–Crippen LogP) is 4.38. The normalized spacial score (nSPS) is 16.8. The van der Waals surface area contributed by atoms with Gasteiger partial charge in [-0.25, -0.2) is 4.99 Å². The minimum atomic E-state index is -0.145. The Balaban J connectivity index is 1.71. The highest BCUT2D eigenvalue weighted by Gasteiger charge is 2.23. The Bertz CT molecular complexity index is 827. The first-order valence-corrected chi connectivity index (χ1v) is 9.25. The van der Waals surface area contributed by atoms with Gasteiger partial charge in [0.25, 0.3) is 5.91 Å². The fourth-order valence-corrected chi connectivity index (χ4v) is 3.20. The number of amidine groups is 1. The fraction of sp³-hybridized carbons (Fsp3) is 0.200. The lowest BCUT2D eigenvalue weighted by Crippen LogP contribution is -2.19. The van der Waals surface area contributed by atoms with Gasteiger partial charge in [-0.2, -0.15) is 0 Å². The minimum Gasteiger partial charge on any atom is -0.494 e. The van der Waals surface area contributed by atoms with Crippen molar-refractivity contribution < 1.29 is 14.3 Å². The number of benzene rings is 2. The number of amides is 1. The molecule has 26 heavy (non-hydrogen) atoms. The summed E-state index contributed by atoms with van der Waals surface area (Å²) in [5, 5.41) is 3.36. The predicted molar refractivity (Wildman–Crippen MR) is 106 cm³/mol. The van der Waals surface area contributed by atoms with Gasteiger partial charge in [0.1, 0.15) is 11.5 Å². The van der Waals surface area contributed by atoms with Gasteiger partial charge in [0.05, 0.1) is 23.8 Å². The third-order valence-corrected chi connectivity index (χ3v) is 4.43. The number of rotatable bonds is 6. The van der Waals surface area contributed by atoms with Crippen molar-refractivity contribution in [2.24, 2.45) is 4.99 Å². The van der Waals surface area contributed by atoms with Crippen LogP contribution in [-0.4, -0.2) is 24.3 Å². The molecule has 1 fully saturated rings. The summed E-state index contributed by atoms with van der Waals surface area (Å²) in [5.41, 5.74) is 1.70. The molecule has 1 N–H and O–H groups in total. The van der Waals surface area contributed by atoms with E-state index in [1.54, 1.807) is 0 Å². The van der Waals surface area contributed by atoms with Crippen molar-refractivity contribution in [3.8, 4) is 11.5 Å². The molecule has 3 rings (SSSR count). The number of carbonyl (C=O) groups is 1. The van der Waals surface area contributed by atoms with Crippen LogP contribution in [0, 0.1) is 0 Å². The molecule has 2 aromatic rings. The molecule has 0 aliphatic carbocycles. The maximum Gasteiger partial charge on any atom is 0.264 e. The number of carbonyl (C=O) groups excluding carboxylic acids is 1. The molecule has 0 bridgehead atoms. The zero-order valence-corrected chi connectivity index (χ0v) is 15.5. The van der Waals surface area contributed by atoms with Gasteiger partial charge < -0.3 is 14.8 Å². The Morgan fingerprint density at radius 2 is 1.54 bits per heavy atom. The van der Waals surface area contributed by atoms with Crippen molar-refractivity contribution >= 4 is 34.6 Å². The van der Waals surface area contributed by atoms with Gasteiger partial charge in [0, 0.05) is 0 Å². The molecule has 134 valence electrons. The molecule has 1 amide bonds. The first kappa shape index (κ1) is 18.1. The summed E-state index contributed by atoms with van der Waals surface area (Å²) >= 11 is 1.33. The van der Waals surface area contributed by atoms with Gasteiger partial charge in [-0.3, -0.25) is 4.79 Å². The molecule has 2 aromatic carbocycles. The van der Waals surface area contributed by atoms with Crippen molar-refractivity contribution in [1.82, 2.24) is 5.32 Å². The van der Waals surface area contributed by atoms with Crippen LogP contribution in [0.4, 0.5) is 5.69 Å². The Morgan fingerprint density at radius 1 is 0.962 bits per heavy atom. The molecule has 1 aliphatic heterocycles. The van der Waals surface area contributed by atoms with E-state index >= 15 is 0 Å². The summed E-state index contributed by atoms with van der Waals surface area (Å²) in [6, 6.07) is 15.1. The highest BCUT2D eigenvalue weighted by molar-refractivity contribution is 8.18. The SMILES string of the molecule is CCOc1ccc(/C=C2/SC(=Nc3ccc(OCC)cc3)NC2=O)cc1. The molecule has 0 aromatic heterocycles. The number of aliphatic imine (C=N–C) groups is 1. The van der Waals surface area contributed by atoms with E-state index in [2.05, 4.69) is 10.3 Å². The Kier molecular flexibility index (Phi) is 5.96. The second-order valence-electron chi connectivity index (χ2n) is 5.41.